The molecule has 0 N–H and O–H groups in total. The number of aromatic nitrogens is 3. The van der Waals surface area contributed by atoms with E-state index in [4.69, 9.17) is 9.47 Å². The summed E-state index contributed by atoms with van der Waals surface area (Å²) in [5.41, 5.74) is 0.807. The van der Waals surface area contributed by atoms with Crippen molar-refractivity contribution in [3.05, 3.63) is 54.5 Å². The van der Waals surface area contributed by atoms with Gasteiger partial charge < -0.3 is 9.47 Å². The lowest BCUT2D eigenvalue weighted by Crippen LogP contribution is -1.99. The number of methoxy groups -OCH3 is 1. The molecule has 96 valence electrons. The van der Waals surface area contributed by atoms with Crippen LogP contribution in [-0.2, 0) is 6.61 Å². The standard InChI is InChI=1S/C14H13N3O2/c1-18-11-6-2-3-7-12(11)19-10-13-15-14-8-4-5-9-17(14)16-13/h2-9H,10H2,1H3. The van der Waals surface area contributed by atoms with E-state index in [1.165, 1.54) is 0 Å². The van der Waals surface area contributed by atoms with Gasteiger partial charge in [0.05, 0.1) is 7.11 Å². The second kappa shape index (κ2) is 4.97. The zero-order valence-electron chi connectivity index (χ0n) is 10.5. The van der Waals surface area contributed by atoms with Crippen molar-refractivity contribution in [1.82, 2.24) is 14.6 Å². The summed E-state index contributed by atoms with van der Waals surface area (Å²) in [6.07, 6.45) is 1.86. The quantitative estimate of drug-likeness (QED) is 0.717. The number of rotatable bonds is 4. The summed E-state index contributed by atoms with van der Waals surface area (Å²) in [6, 6.07) is 13.2. The van der Waals surface area contributed by atoms with Gasteiger partial charge in [-0.1, -0.05) is 18.2 Å². The Bertz CT molecular complexity index is 661. The van der Waals surface area contributed by atoms with E-state index >= 15 is 0 Å². The fourth-order valence-corrected chi connectivity index (χ4v) is 1.82. The van der Waals surface area contributed by atoms with Crippen molar-refractivity contribution in [2.24, 2.45) is 0 Å². The SMILES string of the molecule is COc1ccccc1OCc1nc2ccccn2n1. The topological polar surface area (TPSA) is 48.7 Å². The first-order chi connectivity index (χ1) is 9.36. The highest BCUT2D eigenvalue weighted by atomic mass is 16.5. The van der Waals surface area contributed by atoms with E-state index in [-0.39, 0.29) is 0 Å². The van der Waals surface area contributed by atoms with Gasteiger partial charge in [-0.25, -0.2) is 9.50 Å². The van der Waals surface area contributed by atoms with E-state index in [1.54, 1.807) is 11.6 Å². The molecule has 3 rings (SSSR count). The lowest BCUT2D eigenvalue weighted by molar-refractivity contribution is 0.276. The smallest absolute Gasteiger partial charge is 0.189 e. The predicted molar refractivity (Wildman–Crippen MR) is 70.3 cm³/mol. The zero-order valence-corrected chi connectivity index (χ0v) is 10.5. The Balaban J connectivity index is 1.78. The average Bonchev–Trinajstić information content (AvgIpc) is 2.88. The summed E-state index contributed by atoms with van der Waals surface area (Å²) in [5, 5.41) is 4.32. The number of benzene rings is 1. The van der Waals surface area contributed by atoms with Crippen LogP contribution in [0.4, 0.5) is 0 Å². The number of fused-ring (bicyclic) bond motifs is 1. The van der Waals surface area contributed by atoms with Crippen LogP contribution in [0.3, 0.4) is 0 Å². The van der Waals surface area contributed by atoms with Gasteiger partial charge >= 0.3 is 0 Å². The minimum Gasteiger partial charge on any atom is -0.493 e. The highest BCUT2D eigenvalue weighted by molar-refractivity contribution is 5.39. The van der Waals surface area contributed by atoms with Crippen molar-refractivity contribution in [3.8, 4) is 11.5 Å². The lowest BCUT2D eigenvalue weighted by atomic mass is 10.3. The molecule has 0 aliphatic carbocycles. The van der Waals surface area contributed by atoms with Crippen molar-refractivity contribution < 1.29 is 9.47 Å². The number of para-hydroxylation sites is 2. The molecule has 0 saturated carbocycles. The van der Waals surface area contributed by atoms with E-state index in [1.807, 2.05) is 48.7 Å². The molecule has 0 amide bonds. The highest BCUT2D eigenvalue weighted by Gasteiger charge is 2.06. The van der Waals surface area contributed by atoms with Gasteiger partial charge in [-0.15, -0.1) is 5.10 Å². The molecule has 3 aromatic rings. The molecule has 0 aliphatic heterocycles. The first-order valence-corrected chi connectivity index (χ1v) is 5.93. The Morgan fingerprint density at radius 1 is 1.05 bits per heavy atom. The number of hydrogen-bond donors (Lipinski definition) is 0. The van der Waals surface area contributed by atoms with Crippen LogP contribution in [0, 0.1) is 0 Å². The van der Waals surface area contributed by atoms with Gasteiger partial charge in [0.25, 0.3) is 0 Å². The third-order valence-electron chi connectivity index (χ3n) is 2.71. The Hall–Kier alpha value is -2.56. The van der Waals surface area contributed by atoms with Crippen LogP contribution >= 0.6 is 0 Å². The summed E-state index contributed by atoms with van der Waals surface area (Å²) < 4.78 is 12.6. The number of ether oxygens (including phenoxy) is 2. The molecule has 1 aromatic carbocycles. The van der Waals surface area contributed by atoms with Gasteiger partial charge in [-0.2, -0.15) is 0 Å². The van der Waals surface area contributed by atoms with Crippen LogP contribution in [0.5, 0.6) is 11.5 Å². The average molecular weight is 255 g/mol. The molecule has 0 spiro atoms. The Morgan fingerprint density at radius 3 is 2.63 bits per heavy atom. The van der Waals surface area contributed by atoms with Crippen molar-refractivity contribution in [2.75, 3.05) is 7.11 Å². The Morgan fingerprint density at radius 2 is 1.84 bits per heavy atom. The lowest BCUT2D eigenvalue weighted by Gasteiger charge is -2.08. The Labute approximate surface area is 110 Å². The normalized spacial score (nSPS) is 10.6. The molecule has 5 nitrogen and oxygen atoms in total. The van der Waals surface area contributed by atoms with Gasteiger partial charge in [0.1, 0.15) is 6.61 Å². The molecule has 0 bridgehead atoms. The number of pyridine rings is 1. The van der Waals surface area contributed by atoms with E-state index in [2.05, 4.69) is 10.1 Å². The van der Waals surface area contributed by atoms with E-state index in [0.29, 0.717) is 23.9 Å². The minimum atomic E-state index is 0.308. The monoisotopic (exact) mass is 255 g/mol. The molecule has 0 aliphatic rings. The van der Waals surface area contributed by atoms with Crippen molar-refractivity contribution in [1.29, 1.82) is 0 Å². The Kier molecular flexibility index (Phi) is 3.02. The molecule has 0 radical (unpaired) electrons. The van der Waals surface area contributed by atoms with Gasteiger partial charge in [-0.3, -0.25) is 0 Å². The molecule has 2 aromatic heterocycles. The summed E-state index contributed by atoms with van der Waals surface area (Å²) in [7, 11) is 1.62. The fourth-order valence-electron chi connectivity index (χ4n) is 1.82. The maximum Gasteiger partial charge on any atom is 0.189 e. The summed E-state index contributed by atoms with van der Waals surface area (Å²) >= 11 is 0. The zero-order chi connectivity index (χ0) is 13.1. The molecule has 0 unspecified atom stereocenters. The second-order valence-electron chi connectivity index (χ2n) is 3.97. The fraction of sp³-hybridized carbons (Fsp3) is 0.143. The number of hydrogen-bond acceptors (Lipinski definition) is 4. The van der Waals surface area contributed by atoms with E-state index in [0.717, 1.165) is 5.65 Å². The molecule has 19 heavy (non-hydrogen) atoms. The minimum absolute atomic E-state index is 0.308. The van der Waals surface area contributed by atoms with Gasteiger partial charge in [0.2, 0.25) is 0 Å². The van der Waals surface area contributed by atoms with Crippen molar-refractivity contribution >= 4 is 5.65 Å². The van der Waals surface area contributed by atoms with E-state index in [9.17, 15) is 0 Å². The number of nitrogens with zero attached hydrogens (tertiary/aromatic N) is 3. The van der Waals surface area contributed by atoms with Crippen LogP contribution in [0.2, 0.25) is 0 Å². The van der Waals surface area contributed by atoms with Crippen molar-refractivity contribution in [2.45, 2.75) is 6.61 Å². The van der Waals surface area contributed by atoms with Gasteiger partial charge in [0.15, 0.2) is 23.0 Å². The molecule has 0 atom stereocenters. The van der Waals surface area contributed by atoms with Crippen LogP contribution in [0.1, 0.15) is 5.82 Å². The molecule has 0 saturated heterocycles. The first-order valence-electron chi connectivity index (χ1n) is 5.93. The summed E-state index contributed by atoms with van der Waals surface area (Å²) in [5.74, 6) is 2.02. The predicted octanol–water partition coefficient (Wildman–Crippen LogP) is 2.32. The third-order valence-corrected chi connectivity index (χ3v) is 2.71. The molecular weight excluding hydrogens is 242 g/mol. The second-order valence-corrected chi connectivity index (χ2v) is 3.97. The van der Waals surface area contributed by atoms with Crippen molar-refractivity contribution in [3.63, 3.8) is 0 Å². The third kappa shape index (κ3) is 2.35. The molecular formula is C14H13N3O2. The summed E-state index contributed by atoms with van der Waals surface area (Å²) in [4.78, 5) is 4.37. The molecule has 5 heteroatoms. The maximum absolute atomic E-state index is 5.68. The van der Waals surface area contributed by atoms with Crippen LogP contribution in [-0.4, -0.2) is 21.7 Å². The van der Waals surface area contributed by atoms with Gasteiger partial charge in [0, 0.05) is 6.20 Å². The van der Waals surface area contributed by atoms with Gasteiger partial charge in [-0.05, 0) is 24.3 Å². The summed E-state index contributed by atoms with van der Waals surface area (Å²) in [6.45, 7) is 0.308. The highest BCUT2D eigenvalue weighted by Crippen LogP contribution is 2.26. The van der Waals surface area contributed by atoms with Crippen LogP contribution in [0.15, 0.2) is 48.7 Å². The molecule has 0 fully saturated rings. The van der Waals surface area contributed by atoms with Crippen LogP contribution in [0.25, 0.3) is 5.65 Å². The van der Waals surface area contributed by atoms with E-state index < -0.39 is 0 Å². The van der Waals surface area contributed by atoms with Crippen LogP contribution < -0.4 is 9.47 Å². The largest absolute Gasteiger partial charge is 0.493 e. The molecule has 2 heterocycles. The first kappa shape index (κ1) is 11.5. The maximum atomic E-state index is 5.68.